The van der Waals surface area contributed by atoms with Gasteiger partial charge in [0.05, 0.1) is 12.2 Å². The number of benzene rings is 1. The molecule has 3 aliphatic heterocycles. The molecule has 0 atom stereocenters. The van der Waals surface area contributed by atoms with E-state index in [9.17, 15) is 9.59 Å². The summed E-state index contributed by atoms with van der Waals surface area (Å²) in [6.07, 6.45) is 2.00. The van der Waals surface area contributed by atoms with Crippen molar-refractivity contribution in [1.82, 2.24) is 19.2 Å². The van der Waals surface area contributed by atoms with E-state index in [4.69, 9.17) is 11.6 Å². The Balaban J connectivity index is 1.53. The summed E-state index contributed by atoms with van der Waals surface area (Å²) in [5, 5.41) is 5.03. The number of aromatic nitrogens is 3. The Morgan fingerprint density at radius 1 is 1.25 bits per heavy atom. The summed E-state index contributed by atoms with van der Waals surface area (Å²) in [5.74, 6) is 1.87. The topological polar surface area (TPSA) is 75.7 Å². The van der Waals surface area contributed by atoms with E-state index < -0.39 is 0 Å². The van der Waals surface area contributed by atoms with E-state index in [1.54, 1.807) is 12.1 Å². The van der Waals surface area contributed by atoms with Gasteiger partial charge in [-0.15, -0.1) is 5.10 Å². The average molecular weight is 401 g/mol. The van der Waals surface area contributed by atoms with Gasteiger partial charge < -0.3 is 4.90 Å². The predicted octanol–water partition coefficient (Wildman–Crippen LogP) is 1.53. The van der Waals surface area contributed by atoms with Crippen molar-refractivity contribution >= 4 is 29.3 Å². The third-order valence-corrected chi connectivity index (χ3v) is 6.00. The standard InChI is InChI=1S/C19H21ClN6O2/c1-12-4-7-23(8-5-12)16(27)11-25-19(28)26-15-10-13(20)2-3-14(15)17-21-6-9-24(17)18(26)22-25/h2-3,10,12H,4-9,11H2,1H3. The zero-order valence-electron chi connectivity index (χ0n) is 15.6. The maximum Gasteiger partial charge on any atom is 0.352 e. The molecule has 146 valence electrons. The van der Waals surface area contributed by atoms with Crippen LogP contribution < -0.4 is 10.6 Å². The number of carbonyl (C=O) groups excluding carboxylic acids is 1. The van der Waals surface area contributed by atoms with Crippen LogP contribution in [0.15, 0.2) is 28.0 Å². The zero-order valence-corrected chi connectivity index (χ0v) is 16.4. The van der Waals surface area contributed by atoms with Gasteiger partial charge in [-0.2, -0.15) is 0 Å². The fraction of sp³-hybridized carbons (Fsp3) is 0.474. The van der Waals surface area contributed by atoms with Gasteiger partial charge in [-0.25, -0.2) is 14.0 Å². The van der Waals surface area contributed by atoms with Gasteiger partial charge in [0.2, 0.25) is 11.9 Å². The van der Waals surface area contributed by atoms with Crippen LogP contribution in [0, 0.1) is 5.92 Å². The summed E-state index contributed by atoms with van der Waals surface area (Å²) in [5.41, 5.74) is 1.19. The molecule has 4 heterocycles. The van der Waals surface area contributed by atoms with E-state index in [0.717, 1.165) is 37.3 Å². The fourth-order valence-corrected chi connectivity index (χ4v) is 4.29. The first-order chi connectivity index (χ1) is 13.5. The molecule has 0 bridgehead atoms. The van der Waals surface area contributed by atoms with E-state index in [2.05, 4.69) is 17.0 Å². The van der Waals surface area contributed by atoms with Crippen molar-refractivity contribution in [3.63, 3.8) is 0 Å². The van der Waals surface area contributed by atoms with E-state index in [1.807, 2.05) is 15.9 Å². The molecule has 3 aliphatic rings. The maximum atomic E-state index is 13.1. The Morgan fingerprint density at radius 2 is 2.04 bits per heavy atom. The summed E-state index contributed by atoms with van der Waals surface area (Å²) in [6, 6.07) is 5.42. The minimum Gasteiger partial charge on any atom is -0.341 e. The van der Waals surface area contributed by atoms with Gasteiger partial charge in [0.15, 0.2) is 0 Å². The second kappa shape index (κ2) is 6.48. The normalized spacial score (nSPS) is 18.6. The molecule has 1 amide bonds. The molecule has 2 aromatic rings. The van der Waals surface area contributed by atoms with E-state index in [-0.39, 0.29) is 18.1 Å². The molecule has 0 unspecified atom stereocenters. The minimum absolute atomic E-state index is 0.0522. The monoisotopic (exact) mass is 400 g/mol. The van der Waals surface area contributed by atoms with Gasteiger partial charge in [-0.05, 0) is 37.0 Å². The summed E-state index contributed by atoms with van der Waals surface area (Å²) in [4.78, 5) is 34.2. The Kier molecular flexibility index (Phi) is 4.04. The van der Waals surface area contributed by atoms with E-state index >= 15 is 0 Å². The van der Waals surface area contributed by atoms with Gasteiger partial charge in [-0.3, -0.25) is 14.7 Å². The number of likely N-dealkylation sites (tertiary alicyclic amines) is 1. The highest BCUT2D eigenvalue weighted by Crippen LogP contribution is 2.31. The van der Waals surface area contributed by atoms with Crippen LogP contribution in [-0.4, -0.2) is 57.2 Å². The molecule has 0 spiro atoms. The van der Waals surface area contributed by atoms with Crippen LogP contribution in [0.4, 0.5) is 5.95 Å². The summed E-state index contributed by atoms with van der Waals surface area (Å²) < 4.78 is 2.80. The molecule has 1 aromatic heterocycles. The second-order valence-corrected chi connectivity index (χ2v) is 8.09. The van der Waals surface area contributed by atoms with Gasteiger partial charge in [0.1, 0.15) is 12.4 Å². The SMILES string of the molecule is CC1CCN(C(=O)Cn2nc3n(c2=O)-c2cc(Cl)ccc2C2=NCCN23)CC1. The summed E-state index contributed by atoms with van der Waals surface area (Å²) in [7, 11) is 0. The molecule has 0 radical (unpaired) electrons. The van der Waals surface area contributed by atoms with Crippen LogP contribution in [0.25, 0.3) is 5.69 Å². The molecule has 9 heteroatoms. The number of carbonyl (C=O) groups is 1. The Labute approximate surface area is 167 Å². The van der Waals surface area contributed by atoms with Crippen molar-refractivity contribution in [2.24, 2.45) is 10.9 Å². The number of amides is 1. The number of halogens is 1. The highest BCUT2D eigenvalue weighted by atomic mass is 35.5. The first-order valence-corrected chi connectivity index (χ1v) is 10.0. The number of anilines is 1. The van der Waals surface area contributed by atoms with E-state index in [1.165, 1.54) is 9.25 Å². The van der Waals surface area contributed by atoms with Crippen molar-refractivity contribution in [2.45, 2.75) is 26.3 Å². The number of piperidine rings is 1. The number of rotatable bonds is 2. The van der Waals surface area contributed by atoms with Crippen LogP contribution >= 0.6 is 11.6 Å². The lowest BCUT2D eigenvalue weighted by molar-refractivity contribution is -0.133. The lowest BCUT2D eigenvalue weighted by Crippen LogP contribution is -2.41. The molecule has 5 rings (SSSR count). The number of amidine groups is 1. The molecule has 0 saturated carbocycles. The van der Waals surface area contributed by atoms with Crippen molar-refractivity contribution in [2.75, 3.05) is 31.1 Å². The van der Waals surface area contributed by atoms with E-state index in [0.29, 0.717) is 35.7 Å². The number of aliphatic imine (C=N–C) groups is 1. The second-order valence-electron chi connectivity index (χ2n) is 7.66. The first-order valence-electron chi connectivity index (χ1n) is 9.63. The lowest BCUT2D eigenvalue weighted by atomic mass is 9.99. The summed E-state index contributed by atoms with van der Waals surface area (Å²) in [6.45, 7) is 4.93. The van der Waals surface area contributed by atoms with Crippen LogP contribution in [0.3, 0.4) is 0 Å². The largest absolute Gasteiger partial charge is 0.352 e. The van der Waals surface area contributed by atoms with Gasteiger partial charge >= 0.3 is 5.69 Å². The smallest absolute Gasteiger partial charge is 0.341 e. The zero-order chi connectivity index (χ0) is 19.4. The van der Waals surface area contributed by atoms with Crippen molar-refractivity contribution in [3.8, 4) is 5.69 Å². The fourth-order valence-electron chi connectivity index (χ4n) is 4.12. The number of fused-ring (bicyclic) bond motifs is 6. The maximum absolute atomic E-state index is 13.1. The molecule has 1 aromatic carbocycles. The van der Waals surface area contributed by atoms with Gasteiger partial charge in [0, 0.05) is 30.2 Å². The third kappa shape index (κ3) is 2.66. The van der Waals surface area contributed by atoms with Crippen molar-refractivity contribution in [1.29, 1.82) is 0 Å². The Morgan fingerprint density at radius 3 is 2.82 bits per heavy atom. The Hall–Kier alpha value is -2.61. The highest BCUT2D eigenvalue weighted by molar-refractivity contribution is 6.31. The molecular formula is C19H21ClN6O2. The molecule has 1 fully saturated rings. The molecule has 28 heavy (non-hydrogen) atoms. The molecule has 0 aliphatic carbocycles. The first kappa shape index (κ1) is 17.5. The quantitative estimate of drug-likeness (QED) is 0.766. The Bertz CT molecular complexity index is 1050. The van der Waals surface area contributed by atoms with Crippen LogP contribution in [0.5, 0.6) is 0 Å². The van der Waals surface area contributed by atoms with Gasteiger partial charge in [0.25, 0.3) is 0 Å². The molecule has 8 nitrogen and oxygen atoms in total. The molecular weight excluding hydrogens is 380 g/mol. The third-order valence-electron chi connectivity index (χ3n) is 5.77. The highest BCUT2D eigenvalue weighted by Gasteiger charge is 2.35. The average Bonchev–Trinajstić information content (AvgIpc) is 3.28. The predicted molar refractivity (Wildman–Crippen MR) is 107 cm³/mol. The van der Waals surface area contributed by atoms with Crippen molar-refractivity contribution in [3.05, 3.63) is 39.3 Å². The summed E-state index contributed by atoms with van der Waals surface area (Å²) >= 11 is 6.19. The molecule has 1 saturated heterocycles. The molecule has 0 N–H and O–H groups in total. The minimum atomic E-state index is -0.330. The number of hydrogen-bond donors (Lipinski definition) is 0. The lowest BCUT2D eigenvalue weighted by Gasteiger charge is -2.30. The van der Waals surface area contributed by atoms with Crippen molar-refractivity contribution < 1.29 is 4.79 Å². The van der Waals surface area contributed by atoms with Gasteiger partial charge in [-0.1, -0.05) is 18.5 Å². The number of hydrogen-bond acceptors (Lipinski definition) is 5. The van der Waals surface area contributed by atoms with Crippen LogP contribution in [-0.2, 0) is 11.3 Å². The van der Waals surface area contributed by atoms with Crippen LogP contribution in [0.1, 0.15) is 25.3 Å². The van der Waals surface area contributed by atoms with Crippen LogP contribution in [0.2, 0.25) is 5.02 Å². The number of nitrogens with zero attached hydrogens (tertiary/aromatic N) is 6.